The van der Waals surface area contributed by atoms with Crippen molar-refractivity contribution in [1.82, 2.24) is 4.90 Å². The molecule has 0 saturated carbocycles. The third-order valence-electron chi connectivity index (χ3n) is 5.99. The van der Waals surface area contributed by atoms with Crippen LogP contribution in [-0.4, -0.2) is 69.3 Å². The number of benzene rings is 2. The van der Waals surface area contributed by atoms with Crippen LogP contribution in [-0.2, 0) is 16.4 Å². The summed E-state index contributed by atoms with van der Waals surface area (Å²) in [6, 6.07) is 14.0. The molecule has 0 bridgehead atoms. The molecule has 1 N–H and O–H groups in total. The van der Waals surface area contributed by atoms with Crippen molar-refractivity contribution in [2.45, 2.75) is 39.0 Å². The van der Waals surface area contributed by atoms with Gasteiger partial charge in [0.05, 0.1) is 11.5 Å². The molecule has 1 aliphatic rings. The minimum atomic E-state index is -3.01. The topological polar surface area (TPSA) is 70.1 Å². The van der Waals surface area contributed by atoms with E-state index < -0.39 is 15.9 Å². The third kappa shape index (κ3) is 6.45. The normalized spacial score (nSPS) is 18.8. The summed E-state index contributed by atoms with van der Waals surface area (Å²) in [4.78, 5) is 4.13. The van der Waals surface area contributed by atoms with E-state index in [1.54, 1.807) is 0 Å². The molecule has 2 atom stereocenters. The zero-order valence-corrected chi connectivity index (χ0v) is 19.7. The molecule has 0 amide bonds. The summed E-state index contributed by atoms with van der Waals surface area (Å²) in [5.41, 5.74) is 4.42. The number of rotatable bonds is 9. The first-order chi connectivity index (χ1) is 14.6. The molecule has 3 rings (SSSR count). The lowest BCUT2D eigenvalue weighted by Gasteiger charge is -2.30. The van der Waals surface area contributed by atoms with Crippen molar-refractivity contribution in [3.05, 3.63) is 59.2 Å². The van der Waals surface area contributed by atoms with Crippen molar-refractivity contribution in [2.75, 3.05) is 43.7 Å². The van der Waals surface area contributed by atoms with Gasteiger partial charge in [0.1, 0.15) is 18.5 Å². The average Bonchev–Trinajstić information content (AvgIpc) is 3.08. The molecule has 0 spiro atoms. The van der Waals surface area contributed by atoms with E-state index in [4.69, 9.17) is 4.74 Å². The van der Waals surface area contributed by atoms with E-state index >= 15 is 0 Å². The summed E-state index contributed by atoms with van der Waals surface area (Å²) in [5.74, 6) is 1.13. The first-order valence-electron chi connectivity index (χ1n) is 10.7. The molecular weight excluding hydrogens is 412 g/mol. The summed E-state index contributed by atoms with van der Waals surface area (Å²) < 4.78 is 30.0. The van der Waals surface area contributed by atoms with Crippen LogP contribution >= 0.6 is 0 Å². The number of nitrogens with zero attached hydrogens (tertiary/aromatic N) is 2. The quantitative estimate of drug-likeness (QED) is 0.639. The van der Waals surface area contributed by atoms with E-state index in [-0.39, 0.29) is 24.2 Å². The fourth-order valence-electron chi connectivity index (χ4n) is 3.93. The predicted octanol–water partition coefficient (Wildman–Crippen LogP) is 2.80. The van der Waals surface area contributed by atoms with E-state index in [0.717, 1.165) is 28.1 Å². The Kier molecular flexibility index (Phi) is 7.62. The Bertz CT molecular complexity index is 974. The Morgan fingerprint density at radius 2 is 1.84 bits per heavy atom. The summed E-state index contributed by atoms with van der Waals surface area (Å²) in [6.45, 7) is 5.15. The monoisotopic (exact) mass is 446 g/mol. The Morgan fingerprint density at radius 1 is 1.13 bits per heavy atom. The van der Waals surface area contributed by atoms with Crippen molar-refractivity contribution < 1.29 is 18.3 Å². The first-order valence-corrected chi connectivity index (χ1v) is 12.5. The van der Waals surface area contributed by atoms with Gasteiger partial charge >= 0.3 is 0 Å². The second-order valence-corrected chi connectivity index (χ2v) is 10.9. The molecule has 0 radical (unpaired) electrons. The highest BCUT2D eigenvalue weighted by Crippen LogP contribution is 2.23. The fraction of sp³-hybridized carbons (Fsp3) is 0.500. The highest BCUT2D eigenvalue weighted by atomic mass is 32.2. The molecule has 170 valence electrons. The summed E-state index contributed by atoms with van der Waals surface area (Å²) in [6.07, 6.45) is -0.118. The maximum Gasteiger partial charge on any atom is 0.151 e. The number of sulfone groups is 1. The van der Waals surface area contributed by atoms with Crippen molar-refractivity contribution in [3.63, 3.8) is 0 Å². The Hall–Kier alpha value is -2.09. The maximum absolute atomic E-state index is 12.1. The van der Waals surface area contributed by atoms with Crippen molar-refractivity contribution in [2.24, 2.45) is 0 Å². The van der Waals surface area contributed by atoms with E-state index in [9.17, 15) is 13.5 Å². The molecule has 31 heavy (non-hydrogen) atoms. The van der Waals surface area contributed by atoms with Crippen molar-refractivity contribution in [1.29, 1.82) is 0 Å². The second kappa shape index (κ2) is 10.0. The number of aliphatic hydroxyl groups excluding tert-OH is 1. The lowest BCUT2D eigenvalue weighted by Crippen LogP contribution is -2.42. The van der Waals surface area contributed by atoms with Gasteiger partial charge in [0.15, 0.2) is 9.84 Å². The maximum atomic E-state index is 12.1. The highest BCUT2D eigenvalue weighted by Gasteiger charge is 2.33. The van der Waals surface area contributed by atoms with Crippen LogP contribution in [0.3, 0.4) is 0 Å². The lowest BCUT2D eigenvalue weighted by molar-refractivity contribution is 0.0523. The second-order valence-electron chi connectivity index (χ2n) is 8.71. The number of aryl methyl sites for hydroxylation is 1. The lowest BCUT2D eigenvalue weighted by atomic mass is 10.1. The Labute approximate surface area is 186 Å². The smallest absolute Gasteiger partial charge is 0.151 e. The minimum absolute atomic E-state index is 0.0890. The molecule has 7 heteroatoms. The number of aliphatic hydroxyl groups is 1. The fourth-order valence-corrected chi connectivity index (χ4v) is 5.69. The summed E-state index contributed by atoms with van der Waals surface area (Å²) >= 11 is 0. The molecule has 1 heterocycles. The molecule has 2 aromatic carbocycles. The van der Waals surface area contributed by atoms with Crippen molar-refractivity contribution >= 4 is 15.5 Å². The molecule has 1 aliphatic heterocycles. The zero-order chi connectivity index (χ0) is 22.6. The van der Waals surface area contributed by atoms with Gasteiger partial charge in [0, 0.05) is 38.9 Å². The Balaban J connectivity index is 1.68. The van der Waals surface area contributed by atoms with Gasteiger partial charge in [0.25, 0.3) is 0 Å². The van der Waals surface area contributed by atoms with Gasteiger partial charge in [0.2, 0.25) is 0 Å². The molecule has 0 aromatic heterocycles. The van der Waals surface area contributed by atoms with Gasteiger partial charge in [-0.15, -0.1) is 0 Å². The van der Waals surface area contributed by atoms with Crippen LogP contribution in [0.25, 0.3) is 0 Å². The summed E-state index contributed by atoms with van der Waals surface area (Å²) in [7, 11) is 0.981. The van der Waals surface area contributed by atoms with E-state index in [1.165, 1.54) is 0 Å². The number of anilines is 1. The summed E-state index contributed by atoms with van der Waals surface area (Å²) in [5, 5.41) is 10.7. The minimum Gasteiger partial charge on any atom is -0.491 e. The van der Waals surface area contributed by atoms with Crippen LogP contribution in [0.1, 0.15) is 23.1 Å². The van der Waals surface area contributed by atoms with Crippen LogP contribution in [0, 0.1) is 13.8 Å². The van der Waals surface area contributed by atoms with Crippen molar-refractivity contribution in [3.8, 4) is 5.75 Å². The van der Waals surface area contributed by atoms with Gasteiger partial charge in [-0.05, 0) is 55.2 Å². The number of hydrogen-bond acceptors (Lipinski definition) is 6. The molecule has 1 fully saturated rings. The van der Waals surface area contributed by atoms with Crippen LogP contribution in [0.5, 0.6) is 5.75 Å². The molecular formula is C24H34N2O4S. The molecule has 2 unspecified atom stereocenters. The Morgan fingerprint density at radius 3 is 2.45 bits per heavy atom. The molecule has 6 nitrogen and oxygen atoms in total. The number of ether oxygens (including phenoxy) is 1. The van der Waals surface area contributed by atoms with Crippen LogP contribution in [0.15, 0.2) is 42.5 Å². The standard InChI is InChI=1S/C24H34N2O4S/c1-18-6-5-7-24(19(18)2)30-16-23(27)15-26(22-12-13-31(28,29)17-22)14-20-8-10-21(11-9-20)25(3)4/h5-11,22-23,27H,12-17H2,1-4H3. The predicted molar refractivity (Wildman–Crippen MR) is 126 cm³/mol. The SMILES string of the molecule is Cc1cccc(OCC(O)CN(Cc2ccc(N(C)C)cc2)C2CCS(=O)(=O)C2)c1C. The van der Waals surface area contributed by atoms with Gasteiger partial charge in [-0.1, -0.05) is 24.3 Å². The highest BCUT2D eigenvalue weighted by molar-refractivity contribution is 7.91. The van der Waals surface area contributed by atoms with Gasteiger partial charge in [-0.3, -0.25) is 4.90 Å². The molecule has 0 aliphatic carbocycles. The average molecular weight is 447 g/mol. The van der Waals surface area contributed by atoms with Crippen LogP contribution in [0.4, 0.5) is 5.69 Å². The van der Waals surface area contributed by atoms with Gasteiger partial charge in [-0.2, -0.15) is 0 Å². The zero-order valence-electron chi connectivity index (χ0n) is 18.9. The van der Waals surface area contributed by atoms with Crippen LogP contribution in [0.2, 0.25) is 0 Å². The molecule has 1 saturated heterocycles. The first kappa shape index (κ1) is 23.6. The molecule has 2 aromatic rings. The number of hydrogen-bond donors (Lipinski definition) is 1. The van der Waals surface area contributed by atoms with Gasteiger partial charge < -0.3 is 14.7 Å². The van der Waals surface area contributed by atoms with Gasteiger partial charge in [-0.25, -0.2) is 8.42 Å². The largest absolute Gasteiger partial charge is 0.491 e. The van der Waals surface area contributed by atoms with E-state index in [0.29, 0.717) is 19.5 Å². The van der Waals surface area contributed by atoms with Crippen LogP contribution < -0.4 is 9.64 Å². The van der Waals surface area contributed by atoms with E-state index in [2.05, 4.69) is 29.2 Å². The van der Waals surface area contributed by atoms with E-state index in [1.807, 2.05) is 51.0 Å². The third-order valence-corrected chi connectivity index (χ3v) is 7.74.